The van der Waals surface area contributed by atoms with Gasteiger partial charge >= 0.3 is 5.97 Å². The topological polar surface area (TPSA) is 78.7 Å². The molecule has 0 atom stereocenters. The maximum Gasteiger partial charge on any atom is 0.304 e. The van der Waals surface area contributed by atoms with Gasteiger partial charge in [-0.3, -0.25) is 19.2 Å². The summed E-state index contributed by atoms with van der Waals surface area (Å²) in [7, 11) is 0. The molecular weight excluding hydrogens is 272 g/mol. The first-order chi connectivity index (χ1) is 10.0. The molecular formula is C14H22N4O3. The average molecular weight is 294 g/mol. The number of amides is 1. The van der Waals surface area contributed by atoms with Crippen LogP contribution in [0.4, 0.5) is 0 Å². The molecule has 1 aliphatic heterocycles. The van der Waals surface area contributed by atoms with Crippen molar-refractivity contribution in [1.29, 1.82) is 0 Å². The number of carbonyl (C=O) groups excluding carboxylic acids is 1. The number of aryl methyl sites for hydroxylation is 2. The van der Waals surface area contributed by atoms with Crippen molar-refractivity contribution >= 4 is 11.9 Å². The molecule has 1 saturated heterocycles. The zero-order chi connectivity index (χ0) is 15.4. The van der Waals surface area contributed by atoms with E-state index in [1.807, 2.05) is 24.8 Å². The van der Waals surface area contributed by atoms with Crippen LogP contribution >= 0.6 is 0 Å². The molecule has 116 valence electrons. The predicted molar refractivity (Wildman–Crippen MR) is 77.2 cm³/mol. The summed E-state index contributed by atoms with van der Waals surface area (Å²) in [6.45, 7) is 7.77. The maximum atomic E-state index is 12.5. The lowest BCUT2D eigenvalue weighted by Gasteiger charge is -2.34. The molecule has 0 aliphatic carbocycles. The van der Waals surface area contributed by atoms with E-state index in [1.54, 1.807) is 4.68 Å². The summed E-state index contributed by atoms with van der Waals surface area (Å²) in [6, 6.07) is 1.82. The van der Waals surface area contributed by atoms with Crippen LogP contribution in [0.5, 0.6) is 0 Å². The Balaban J connectivity index is 1.92. The minimum atomic E-state index is -0.782. The Morgan fingerprint density at radius 1 is 1.29 bits per heavy atom. The fourth-order valence-corrected chi connectivity index (χ4v) is 2.55. The minimum absolute atomic E-state index is 0.00957. The van der Waals surface area contributed by atoms with Crippen LogP contribution in [0.25, 0.3) is 0 Å². The lowest BCUT2D eigenvalue weighted by molar-refractivity contribution is -0.137. The Morgan fingerprint density at radius 2 is 1.95 bits per heavy atom. The highest BCUT2D eigenvalue weighted by Gasteiger charge is 2.24. The molecule has 7 heteroatoms. The molecule has 2 heterocycles. The van der Waals surface area contributed by atoms with Crippen molar-refractivity contribution in [2.24, 2.45) is 0 Å². The average Bonchev–Trinajstić information content (AvgIpc) is 2.86. The first kappa shape index (κ1) is 15.5. The summed E-state index contributed by atoms with van der Waals surface area (Å²) < 4.78 is 1.73. The second-order valence-electron chi connectivity index (χ2n) is 5.26. The second kappa shape index (κ2) is 6.71. The van der Waals surface area contributed by atoms with Crippen LogP contribution in [0, 0.1) is 6.92 Å². The summed E-state index contributed by atoms with van der Waals surface area (Å²) in [4.78, 5) is 27.0. The largest absolute Gasteiger partial charge is 0.481 e. The molecule has 1 amide bonds. The highest BCUT2D eigenvalue weighted by molar-refractivity contribution is 5.92. The zero-order valence-corrected chi connectivity index (χ0v) is 12.6. The van der Waals surface area contributed by atoms with Gasteiger partial charge in [-0.1, -0.05) is 0 Å². The molecule has 1 aromatic rings. The van der Waals surface area contributed by atoms with Gasteiger partial charge in [0.2, 0.25) is 0 Å². The van der Waals surface area contributed by atoms with E-state index in [4.69, 9.17) is 5.11 Å². The molecule has 0 radical (unpaired) electrons. The van der Waals surface area contributed by atoms with Gasteiger partial charge in [0.05, 0.1) is 12.1 Å². The zero-order valence-electron chi connectivity index (χ0n) is 12.6. The standard InChI is InChI=1S/C14H22N4O3/c1-3-18-12(10-11(2)15-18)14(21)17-8-6-16(7-9-17)5-4-13(19)20/h10H,3-9H2,1-2H3,(H,19,20). The van der Waals surface area contributed by atoms with Crippen molar-refractivity contribution in [2.45, 2.75) is 26.8 Å². The summed E-state index contributed by atoms with van der Waals surface area (Å²) in [6.07, 6.45) is 0.149. The number of aromatic nitrogens is 2. The highest BCUT2D eigenvalue weighted by atomic mass is 16.4. The Labute approximate surface area is 124 Å². The smallest absolute Gasteiger partial charge is 0.304 e. The summed E-state index contributed by atoms with van der Waals surface area (Å²) in [5.41, 5.74) is 1.48. The van der Waals surface area contributed by atoms with E-state index in [9.17, 15) is 9.59 Å². The maximum absolute atomic E-state index is 12.5. The number of carbonyl (C=O) groups is 2. The number of aliphatic carboxylic acids is 1. The third-order valence-corrected chi connectivity index (χ3v) is 3.72. The van der Waals surface area contributed by atoms with E-state index in [1.165, 1.54) is 0 Å². The van der Waals surface area contributed by atoms with Crippen LogP contribution in [-0.2, 0) is 11.3 Å². The van der Waals surface area contributed by atoms with Crippen molar-refractivity contribution < 1.29 is 14.7 Å². The number of carboxylic acids is 1. The summed E-state index contributed by atoms with van der Waals surface area (Å²) in [5.74, 6) is -0.772. The monoisotopic (exact) mass is 294 g/mol. The molecule has 0 spiro atoms. The van der Waals surface area contributed by atoms with Crippen molar-refractivity contribution in [3.8, 4) is 0 Å². The van der Waals surface area contributed by atoms with Gasteiger partial charge < -0.3 is 10.0 Å². The fourth-order valence-electron chi connectivity index (χ4n) is 2.55. The van der Waals surface area contributed by atoms with Gasteiger partial charge in [0.25, 0.3) is 5.91 Å². The molecule has 0 saturated carbocycles. The number of rotatable bonds is 5. The molecule has 0 aromatic carbocycles. The van der Waals surface area contributed by atoms with Gasteiger partial charge in [-0.15, -0.1) is 0 Å². The van der Waals surface area contributed by atoms with E-state index in [2.05, 4.69) is 10.00 Å². The fraction of sp³-hybridized carbons (Fsp3) is 0.643. The quantitative estimate of drug-likeness (QED) is 0.852. The number of carboxylic acid groups (broad SMARTS) is 1. The molecule has 1 aromatic heterocycles. The van der Waals surface area contributed by atoms with E-state index in [0.717, 1.165) is 18.8 Å². The number of piperazine rings is 1. The Kier molecular flexibility index (Phi) is 4.95. The second-order valence-corrected chi connectivity index (χ2v) is 5.26. The van der Waals surface area contributed by atoms with Gasteiger partial charge in [0.1, 0.15) is 5.69 Å². The van der Waals surface area contributed by atoms with Gasteiger partial charge in [-0.2, -0.15) is 5.10 Å². The van der Waals surface area contributed by atoms with E-state index >= 15 is 0 Å². The summed E-state index contributed by atoms with van der Waals surface area (Å²) in [5, 5.41) is 13.0. The third kappa shape index (κ3) is 3.81. The molecule has 2 rings (SSSR count). The number of hydrogen-bond acceptors (Lipinski definition) is 4. The lowest BCUT2D eigenvalue weighted by atomic mass is 10.2. The van der Waals surface area contributed by atoms with E-state index in [0.29, 0.717) is 31.9 Å². The van der Waals surface area contributed by atoms with Crippen LogP contribution in [0.2, 0.25) is 0 Å². The molecule has 1 aliphatic rings. The van der Waals surface area contributed by atoms with Gasteiger partial charge in [-0.25, -0.2) is 0 Å². The van der Waals surface area contributed by atoms with Crippen LogP contribution in [0.1, 0.15) is 29.5 Å². The number of nitrogens with zero attached hydrogens (tertiary/aromatic N) is 4. The molecule has 1 fully saturated rings. The van der Waals surface area contributed by atoms with Crippen LogP contribution in [-0.4, -0.2) is 69.3 Å². The summed E-state index contributed by atoms with van der Waals surface area (Å²) >= 11 is 0. The van der Waals surface area contributed by atoms with Gasteiger partial charge in [0.15, 0.2) is 0 Å². The van der Waals surface area contributed by atoms with Gasteiger partial charge in [0, 0.05) is 39.3 Å². The highest BCUT2D eigenvalue weighted by Crippen LogP contribution is 2.11. The Morgan fingerprint density at radius 3 is 2.52 bits per heavy atom. The third-order valence-electron chi connectivity index (χ3n) is 3.72. The van der Waals surface area contributed by atoms with Crippen molar-refractivity contribution in [3.05, 3.63) is 17.5 Å². The molecule has 0 unspecified atom stereocenters. The first-order valence-corrected chi connectivity index (χ1v) is 7.29. The molecule has 21 heavy (non-hydrogen) atoms. The SMILES string of the molecule is CCn1nc(C)cc1C(=O)N1CCN(CCC(=O)O)CC1. The molecule has 0 bridgehead atoms. The van der Waals surface area contributed by atoms with Crippen molar-refractivity contribution in [1.82, 2.24) is 19.6 Å². The first-order valence-electron chi connectivity index (χ1n) is 7.29. The molecule has 7 nitrogen and oxygen atoms in total. The Hall–Kier alpha value is -1.89. The number of hydrogen-bond donors (Lipinski definition) is 1. The minimum Gasteiger partial charge on any atom is -0.481 e. The van der Waals surface area contributed by atoms with Crippen LogP contribution in [0.3, 0.4) is 0 Å². The van der Waals surface area contributed by atoms with Crippen LogP contribution in [0.15, 0.2) is 6.07 Å². The molecule has 1 N–H and O–H groups in total. The van der Waals surface area contributed by atoms with E-state index < -0.39 is 5.97 Å². The van der Waals surface area contributed by atoms with E-state index in [-0.39, 0.29) is 12.3 Å². The Bertz CT molecular complexity index is 518. The van der Waals surface area contributed by atoms with Crippen LogP contribution < -0.4 is 0 Å². The lowest BCUT2D eigenvalue weighted by Crippen LogP contribution is -2.49. The predicted octanol–water partition coefficient (Wildman–Crippen LogP) is 0.444. The van der Waals surface area contributed by atoms with Gasteiger partial charge in [-0.05, 0) is 19.9 Å². The van der Waals surface area contributed by atoms with Crippen molar-refractivity contribution in [3.63, 3.8) is 0 Å². The normalized spacial score (nSPS) is 16.2. The van der Waals surface area contributed by atoms with Crippen molar-refractivity contribution in [2.75, 3.05) is 32.7 Å².